The Kier molecular flexibility index (Phi) is 6.69. The number of nitrogens with one attached hydrogen (secondary N) is 1. The molecule has 0 spiro atoms. The zero-order valence-electron chi connectivity index (χ0n) is 16.7. The third kappa shape index (κ3) is 5.47. The van der Waals surface area contributed by atoms with Gasteiger partial charge < -0.3 is 14.8 Å². The van der Waals surface area contributed by atoms with E-state index in [0.717, 1.165) is 24.0 Å². The predicted octanol–water partition coefficient (Wildman–Crippen LogP) is 3.85. The fourth-order valence-corrected chi connectivity index (χ4v) is 3.54. The molecule has 7 nitrogen and oxygen atoms in total. The molecule has 0 saturated heterocycles. The molecule has 0 aliphatic heterocycles. The van der Waals surface area contributed by atoms with Gasteiger partial charge in [-0.1, -0.05) is 18.2 Å². The van der Waals surface area contributed by atoms with Crippen molar-refractivity contribution >= 4 is 11.6 Å². The lowest BCUT2D eigenvalue weighted by Crippen LogP contribution is -2.27. The highest BCUT2D eigenvalue weighted by molar-refractivity contribution is 5.77. The lowest BCUT2D eigenvalue weighted by molar-refractivity contribution is -0.384. The van der Waals surface area contributed by atoms with E-state index in [1.165, 1.54) is 12.1 Å². The van der Waals surface area contributed by atoms with Gasteiger partial charge in [-0.05, 0) is 54.4 Å². The Morgan fingerprint density at radius 1 is 1.14 bits per heavy atom. The highest BCUT2D eigenvalue weighted by atomic mass is 16.6. The molecule has 7 heteroatoms. The minimum absolute atomic E-state index is 0.0126. The van der Waals surface area contributed by atoms with Crippen molar-refractivity contribution < 1.29 is 19.2 Å². The Balaban J connectivity index is 1.55. The van der Waals surface area contributed by atoms with Gasteiger partial charge in [-0.2, -0.15) is 0 Å². The molecule has 0 heterocycles. The van der Waals surface area contributed by atoms with Gasteiger partial charge in [-0.25, -0.2) is 0 Å². The Hall–Kier alpha value is -3.09. The van der Waals surface area contributed by atoms with Gasteiger partial charge in [0.05, 0.1) is 19.1 Å². The number of ether oxygens (including phenoxy) is 2. The number of carbonyl (C=O) groups excluding carboxylic acids is 1. The van der Waals surface area contributed by atoms with Gasteiger partial charge >= 0.3 is 0 Å². The molecule has 0 bridgehead atoms. The predicted molar refractivity (Wildman–Crippen MR) is 109 cm³/mol. The molecule has 1 aliphatic rings. The Labute approximate surface area is 170 Å². The fraction of sp³-hybridized carbons (Fsp3) is 0.409. The highest BCUT2D eigenvalue weighted by Gasteiger charge is 2.34. The summed E-state index contributed by atoms with van der Waals surface area (Å²) in [6, 6.07) is 12.3. The van der Waals surface area contributed by atoms with E-state index in [-0.39, 0.29) is 17.5 Å². The van der Waals surface area contributed by atoms with Crippen molar-refractivity contribution in [3.63, 3.8) is 0 Å². The molecule has 1 aliphatic carbocycles. The molecule has 154 valence electrons. The molecular formula is C22H26N2O5. The van der Waals surface area contributed by atoms with Crippen LogP contribution in [0.1, 0.15) is 36.3 Å². The van der Waals surface area contributed by atoms with Crippen molar-refractivity contribution in [2.45, 2.75) is 31.6 Å². The van der Waals surface area contributed by atoms with Crippen molar-refractivity contribution in [2.75, 3.05) is 20.8 Å². The number of nitro groups is 1. The zero-order chi connectivity index (χ0) is 20.8. The minimum atomic E-state index is -0.419. The van der Waals surface area contributed by atoms with Crippen LogP contribution >= 0.6 is 0 Å². The summed E-state index contributed by atoms with van der Waals surface area (Å²) in [6.07, 6.45) is 3.33. The number of non-ortho nitro benzene ring substituents is 1. The van der Waals surface area contributed by atoms with Crippen LogP contribution in [0.3, 0.4) is 0 Å². The Morgan fingerprint density at radius 2 is 1.83 bits per heavy atom. The third-order valence-electron chi connectivity index (χ3n) is 5.32. The van der Waals surface area contributed by atoms with Crippen molar-refractivity contribution in [3.05, 3.63) is 63.7 Å². The summed E-state index contributed by atoms with van der Waals surface area (Å²) < 4.78 is 10.7. The number of rotatable bonds is 10. The first kappa shape index (κ1) is 20.6. The van der Waals surface area contributed by atoms with Crippen LogP contribution in [0.2, 0.25) is 0 Å². The standard InChI is InChI=1S/C22H26N2O5/c1-28-20-10-7-17(13-21(20)29-2)19(16-5-6-16)14-22(25)23-12-11-15-3-8-18(9-4-15)24(26)27/h3-4,7-10,13,16,19H,5-6,11-12,14H2,1-2H3,(H,23,25). The molecule has 1 atom stereocenters. The molecule has 3 rings (SSSR count). The maximum Gasteiger partial charge on any atom is 0.269 e. The number of carbonyl (C=O) groups is 1. The second-order valence-corrected chi connectivity index (χ2v) is 7.29. The van der Waals surface area contributed by atoms with Crippen molar-refractivity contribution in [1.82, 2.24) is 5.32 Å². The summed E-state index contributed by atoms with van der Waals surface area (Å²) in [7, 11) is 3.22. The van der Waals surface area contributed by atoms with Gasteiger partial charge in [0.15, 0.2) is 11.5 Å². The first-order valence-electron chi connectivity index (χ1n) is 9.73. The normalized spacial score (nSPS) is 14.1. The number of methoxy groups -OCH3 is 2. The van der Waals surface area contributed by atoms with Crippen molar-refractivity contribution in [2.24, 2.45) is 5.92 Å². The fourth-order valence-electron chi connectivity index (χ4n) is 3.54. The maximum atomic E-state index is 12.5. The SMILES string of the molecule is COc1ccc(C(CC(=O)NCCc2ccc([N+](=O)[O-])cc2)C2CC2)cc1OC. The summed E-state index contributed by atoms with van der Waals surface area (Å²) in [6.45, 7) is 0.500. The summed E-state index contributed by atoms with van der Waals surface area (Å²) in [5, 5.41) is 13.7. The number of benzene rings is 2. The van der Waals surface area contributed by atoms with Gasteiger partial charge in [0, 0.05) is 25.1 Å². The van der Waals surface area contributed by atoms with Crippen molar-refractivity contribution in [3.8, 4) is 11.5 Å². The van der Waals surface area contributed by atoms with E-state index in [4.69, 9.17) is 9.47 Å². The van der Waals surface area contributed by atoms with E-state index in [1.807, 2.05) is 18.2 Å². The van der Waals surface area contributed by atoms with Crippen LogP contribution in [0.15, 0.2) is 42.5 Å². The van der Waals surface area contributed by atoms with Gasteiger partial charge in [0.2, 0.25) is 5.91 Å². The number of nitrogens with zero attached hydrogens (tertiary/aromatic N) is 1. The van der Waals surface area contributed by atoms with Crippen LogP contribution in [0.25, 0.3) is 0 Å². The number of hydrogen-bond acceptors (Lipinski definition) is 5. The smallest absolute Gasteiger partial charge is 0.269 e. The monoisotopic (exact) mass is 398 g/mol. The number of amides is 1. The van der Waals surface area contributed by atoms with E-state index >= 15 is 0 Å². The van der Waals surface area contributed by atoms with Crippen molar-refractivity contribution in [1.29, 1.82) is 0 Å². The molecule has 29 heavy (non-hydrogen) atoms. The zero-order valence-corrected chi connectivity index (χ0v) is 16.7. The molecule has 0 aromatic heterocycles. The largest absolute Gasteiger partial charge is 0.493 e. The quantitative estimate of drug-likeness (QED) is 0.485. The molecule has 1 fully saturated rings. The van der Waals surface area contributed by atoms with E-state index in [1.54, 1.807) is 26.4 Å². The average Bonchev–Trinajstić information content (AvgIpc) is 3.57. The lowest BCUT2D eigenvalue weighted by Gasteiger charge is -2.18. The molecule has 1 unspecified atom stereocenters. The molecular weight excluding hydrogens is 372 g/mol. The first-order chi connectivity index (χ1) is 14.0. The number of nitro benzene ring substituents is 1. The second kappa shape index (κ2) is 9.41. The van der Waals surface area contributed by atoms with E-state index in [0.29, 0.717) is 36.8 Å². The van der Waals surface area contributed by atoms with Crippen LogP contribution in [-0.2, 0) is 11.2 Å². The van der Waals surface area contributed by atoms with Gasteiger partial charge in [0.25, 0.3) is 5.69 Å². The van der Waals surface area contributed by atoms with Gasteiger partial charge in [-0.3, -0.25) is 14.9 Å². The topological polar surface area (TPSA) is 90.7 Å². The van der Waals surface area contributed by atoms with Crippen LogP contribution in [0.4, 0.5) is 5.69 Å². The van der Waals surface area contributed by atoms with E-state index in [2.05, 4.69) is 5.32 Å². The molecule has 2 aromatic carbocycles. The molecule has 1 amide bonds. The molecule has 0 radical (unpaired) electrons. The molecule has 1 N–H and O–H groups in total. The first-order valence-corrected chi connectivity index (χ1v) is 9.73. The van der Waals surface area contributed by atoms with Crippen LogP contribution in [-0.4, -0.2) is 31.6 Å². The average molecular weight is 398 g/mol. The van der Waals surface area contributed by atoms with E-state index in [9.17, 15) is 14.9 Å². The second-order valence-electron chi connectivity index (χ2n) is 7.29. The maximum absolute atomic E-state index is 12.5. The molecule has 2 aromatic rings. The Morgan fingerprint density at radius 3 is 2.41 bits per heavy atom. The minimum Gasteiger partial charge on any atom is -0.493 e. The van der Waals surface area contributed by atoms with Crippen LogP contribution in [0, 0.1) is 16.0 Å². The summed E-state index contributed by atoms with van der Waals surface area (Å²) in [5.41, 5.74) is 2.12. The summed E-state index contributed by atoms with van der Waals surface area (Å²) in [5.74, 6) is 2.05. The van der Waals surface area contributed by atoms with Gasteiger partial charge in [0.1, 0.15) is 0 Å². The van der Waals surface area contributed by atoms with Crippen LogP contribution in [0.5, 0.6) is 11.5 Å². The third-order valence-corrected chi connectivity index (χ3v) is 5.32. The summed E-state index contributed by atoms with van der Waals surface area (Å²) >= 11 is 0. The van der Waals surface area contributed by atoms with E-state index < -0.39 is 4.92 Å². The van der Waals surface area contributed by atoms with Crippen LogP contribution < -0.4 is 14.8 Å². The molecule has 1 saturated carbocycles. The highest BCUT2D eigenvalue weighted by Crippen LogP contribution is 2.46. The number of hydrogen-bond donors (Lipinski definition) is 1. The Bertz CT molecular complexity index is 862. The summed E-state index contributed by atoms with van der Waals surface area (Å²) in [4.78, 5) is 22.8. The van der Waals surface area contributed by atoms with Gasteiger partial charge in [-0.15, -0.1) is 0 Å². The lowest BCUT2D eigenvalue weighted by atomic mass is 9.90.